The number of nitrogens with one attached hydrogen (secondary N) is 1. The highest BCUT2D eigenvalue weighted by atomic mass is 16.6. The van der Waals surface area contributed by atoms with Crippen LogP contribution < -0.4 is 10.1 Å². The van der Waals surface area contributed by atoms with Gasteiger partial charge in [-0.15, -0.1) is 0 Å². The molecule has 2 amide bonds. The normalized spacial score (nSPS) is 15.2. The topological polar surface area (TPSA) is 90.0 Å². The number of rotatable bonds is 7. The van der Waals surface area contributed by atoms with E-state index in [0.29, 0.717) is 44.3 Å². The standard InChI is InChI=1S/C20H31N3O5/c1-20(2,3)28-19(25)23-9-7-15(8-10-23)13-17(24)22-16-5-6-18(21-14-16)27-12-11-26-4/h5-6,14-15H,7-13H2,1-4H3,(H,22,24). The summed E-state index contributed by atoms with van der Waals surface area (Å²) in [6.07, 6.45) is 3.29. The number of hydrogen-bond donors (Lipinski definition) is 1. The summed E-state index contributed by atoms with van der Waals surface area (Å²) in [5.74, 6) is 0.693. The minimum atomic E-state index is -0.494. The largest absolute Gasteiger partial charge is 0.475 e. The molecule has 156 valence electrons. The van der Waals surface area contributed by atoms with E-state index in [9.17, 15) is 9.59 Å². The molecule has 0 atom stereocenters. The fraction of sp³-hybridized carbons (Fsp3) is 0.650. The highest BCUT2D eigenvalue weighted by molar-refractivity contribution is 5.90. The lowest BCUT2D eigenvalue weighted by Crippen LogP contribution is -2.42. The van der Waals surface area contributed by atoms with E-state index in [2.05, 4.69) is 10.3 Å². The van der Waals surface area contributed by atoms with Crippen LogP contribution in [0.25, 0.3) is 0 Å². The number of nitrogens with zero attached hydrogens (tertiary/aromatic N) is 2. The zero-order valence-electron chi connectivity index (χ0n) is 17.2. The Bertz CT molecular complexity index is 634. The number of ether oxygens (including phenoxy) is 3. The summed E-state index contributed by atoms with van der Waals surface area (Å²) in [4.78, 5) is 30.3. The molecule has 0 radical (unpaired) electrons. The molecule has 0 bridgehead atoms. The number of piperidine rings is 1. The fourth-order valence-corrected chi connectivity index (χ4v) is 2.89. The van der Waals surface area contributed by atoms with Crippen molar-refractivity contribution in [3.63, 3.8) is 0 Å². The fourth-order valence-electron chi connectivity index (χ4n) is 2.89. The van der Waals surface area contributed by atoms with Crippen LogP contribution in [-0.2, 0) is 14.3 Å². The molecule has 8 heteroatoms. The summed E-state index contributed by atoms with van der Waals surface area (Å²) in [7, 11) is 1.61. The van der Waals surface area contributed by atoms with Gasteiger partial charge in [0.1, 0.15) is 12.2 Å². The number of aromatic nitrogens is 1. The van der Waals surface area contributed by atoms with E-state index in [-0.39, 0.29) is 17.9 Å². The van der Waals surface area contributed by atoms with E-state index in [1.165, 1.54) is 0 Å². The van der Waals surface area contributed by atoms with E-state index in [0.717, 1.165) is 12.8 Å². The Kier molecular flexibility index (Phi) is 8.04. The molecule has 1 N–H and O–H groups in total. The monoisotopic (exact) mass is 393 g/mol. The van der Waals surface area contributed by atoms with E-state index in [1.807, 2.05) is 20.8 Å². The molecule has 1 saturated heterocycles. The molecule has 0 unspecified atom stereocenters. The molecule has 1 aliphatic rings. The SMILES string of the molecule is COCCOc1ccc(NC(=O)CC2CCN(C(=O)OC(C)(C)C)CC2)cn1. The molecule has 1 aliphatic heterocycles. The van der Waals surface area contributed by atoms with Crippen LogP contribution in [0.15, 0.2) is 18.3 Å². The molecule has 0 aliphatic carbocycles. The van der Waals surface area contributed by atoms with Gasteiger partial charge >= 0.3 is 6.09 Å². The third-order valence-electron chi connectivity index (χ3n) is 4.30. The third kappa shape index (κ3) is 7.72. The summed E-state index contributed by atoms with van der Waals surface area (Å²) in [5.41, 5.74) is 0.141. The second kappa shape index (κ2) is 10.3. The Morgan fingerprint density at radius 3 is 2.50 bits per heavy atom. The number of likely N-dealkylation sites (tertiary alicyclic amines) is 1. The number of pyridine rings is 1. The van der Waals surface area contributed by atoms with Crippen molar-refractivity contribution >= 4 is 17.7 Å². The Morgan fingerprint density at radius 1 is 1.21 bits per heavy atom. The van der Waals surface area contributed by atoms with Crippen LogP contribution >= 0.6 is 0 Å². The van der Waals surface area contributed by atoms with Gasteiger partial charge in [-0.1, -0.05) is 0 Å². The van der Waals surface area contributed by atoms with Crippen LogP contribution in [0.5, 0.6) is 5.88 Å². The molecule has 2 heterocycles. The van der Waals surface area contributed by atoms with Gasteiger partial charge in [-0.2, -0.15) is 0 Å². The number of carbonyl (C=O) groups is 2. The molecule has 0 aromatic carbocycles. The van der Waals surface area contributed by atoms with Gasteiger partial charge in [-0.05, 0) is 45.6 Å². The maximum Gasteiger partial charge on any atom is 0.410 e. The molecular formula is C20H31N3O5. The van der Waals surface area contributed by atoms with Crippen molar-refractivity contribution in [2.75, 3.05) is 38.7 Å². The lowest BCUT2D eigenvalue weighted by atomic mass is 9.93. The van der Waals surface area contributed by atoms with Gasteiger partial charge in [0, 0.05) is 32.7 Å². The maximum absolute atomic E-state index is 12.3. The second-order valence-corrected chi connectivity index (χ2v) is 7.89. The van der Waals surface area contributed by atoms with Crippen LogP contribution in [0.2, 0.25) is 0 Å². The Morgan fingerprint density at radius 2 is 1.93 bits per heavy atom. The van der Waals surface area contributed by atoms with E-state index >= 15 is 0 Å². The highest BCUT2D eigenvalue weighted by Gasteiger charge is 2.27. The van der Waals surface area contributed by atoms with E-state index < -0.39 is 5.60 Å². The van der Waals surface area contributed by atoms with Gasteiger partial charge in [0.05, 0.1) is 18.5 Å². The molecule has 28 heavy (non-hydrogen) atoms. The van der Waals surface area contributed by atoms with Crippen LogP contribution in [0, 0.1) is 5.92 Å². The van der Waals surface area contributed by atoms with E-state index in [4.69, 9.17) is 14.2 Å². The zero-order chi connectivity index (χ0) is 20.6. The highest BCUT2D eigenvalue weighted by Crippen LogP contribution is 2.23. The summed E-state index contributed by atoms with van der Waals surface area (Å²) in [5, 5.41) is 2.86. The second-order valence-electron chi connectivity index (χ2n) is 7.89. The third-order valence-corrected chi connectivity index (χ3v) is 4.30. The molecule has 2 rings (SSSR count). The first-order chi connectivity index (χ1) is 13.3. The van der Waals surface area contributed by atoms with Crippen molar-refractivity contribution in [2.24, 2.45) is 5.92 Å². The number of amides is 2. The smallest absolute Gasteiger partial charge is 0.410 e. The number of carbonyl (C=O) groups excluding carboxylic acids is 2. The van der Waals surface area contributed by atoms with Crippen LogP contribution in [0.4, 0.5) is 10.5 Å². The molecule has 8 nitrogen and oxygen atoms in total. The first-order valence-electron chi connectivity index (χ1n) is 9.62. The quantitative estimate of drug-likeness (QED) is 0.716. The average molecular weight is 393 g/mol. The summed E-state index contributed by atoms with van der Waals surface area (Å²) in [6, 6.07) is 3.47. The maximum atomic E-state index is 12.3. The Balaban J connectivity index is 1.72. The lowest BCUT2D eigenvalue weighted by Gasteiger charge is -2.33. The molecule has 1 fully saturated rings. The summed E-state index contributed by atoms with van der Waals surface area (Å²) in [6.45, 7) is 7.72. The number of anilines is 1. The molecule has 1 aromatic rings. The van der Waals surface area contributed by atoms with Gasteiger partial charge in [0.25, 0.3) is 0 Å². The Hall–Kier alpha value is -2.35. The van der Waals surface area contributed by atoms with Gasteiger partial charge in [-0.25, -0.2) is 9.78 Å². The van der Waals surface area contributed by atoms with Gasteiger partial charge in [0.2, 0.25) is 11.8 Å². The zero-order valence-corrected chi connectivity index (χ0v) is 17.2. The molecule has 1 aromatic heterocycles. The van der Waals surface area contributed by atoms with Crippen molar-refractivity contribution in [3.05, 3.63) is 18.3 Å². The number of methoxy groups -OCH3 is 1. The van der Waals surface area contributed by atoms with Crippen molar-refractivity contribution in [2.45, 2.75) is 45.6 Å². The van der Waals surface area contributed by atoms with Gasteiger partial charge < -0.3 is 24.4 Å². The number of hydrogen-bond acceptors (Lipinski definition) is 6. The minimum Gasteiger partial charge on any atom is -0.475 e. The molecular weight excluding hydrogens is 362 g/mol. The van der Waals surface area contributed by atoms with Crippen molar-refractivity contribution in [1.29, 1.82) is 0 Å². The van der Waals surface area contributed by atoms with Crippen molar-refractivity contribution in [3.8, 4) is 5.88 Å². The predicted molar refractivity (Wildman–Crippen MR) is 105 cm³/mol. The average Bonchev–Trinajstić information content (AvgIpc) is 2.62. The van der Waals surface area contributed by atoms with Crippen LogP contribution in [0.3, 0.4) is 0 Å². The predicted octanol–water partition coefficient (Wildman–Crippen LogP) is 3.08. The van der Waals surface area contributed by atoms with Crippen LogP contribution in [-0.4, -0.2) is 60.9 Å². The molecule has 0 spiro atoms. The first kappa shape index (κ1) is 21.9. The van der Waals surface area contributed by atoms with E-state index in [1.54, 1.807) is 30.3 Å². The summed E-state index contributed by atoms with van der Waals surface area (Å²) < 4.78 is 15.7. The van der Waals surface area contributed by atoms with Gasteiger partial charge in [0.15, 0.2) is 0 Å². The van der Waals surface area contributed by atoms with Crippen molar-refractivity contribution in [1.82, 2.24) is 9.88 Å². The summed E-state index contributed by atoms with van der Waals surface area (Å²) >= 11 is 0. The Labute approximate surface area is 166 Å². The van der Waals surface area contributed by atoms with Crippen molar-refractivity contribution < 1.29 is 23.8 Å². The minimum absolute atomic E-state index is 0.0504. The van der Waals surface area contributed by atoms with Gasteiger partial charge in [-0.3, -0.25) is 4.79 Å². The lowest BCUT2D eigenvalue weighted by molar-refractivity contribution is -0.117. The molecule has 0 saturated carbocycles. The van der Waals surface area contributed by atoms with Crippen LogP contribution in [0.1, 0.15) is 40.0 Å². The first-order valence-corrected chi connectivity index (χ1v) is 9.62.